The summed E-state index contributed by atoms with van der Waals surface area (Å²) >= 11 is 0. The first-order chi connectivity index (χ1) is 27.2. The van der Waals surface area contributed by atoms with E-state index < -0.39 is 163 Å². The zero-order chi connectivity index (χ0) is 42.1. The Morgan fingerprint density at radius 3 is 1.53 bits per heavy atom. The molecule has 0 radical (unpaired) electrons. The van der Waals surface area contributed by atoms with Crippen LogP contribution in [0.25, 0.3) is 0 Å². The Kier molecular flexibility index (Phi) is 9.56. The summed E-state index contributed by atoms with van der Waals surface area (Å²) in [5.74, 6) is -8.61. The number of aliphatic hydroxyl groups excluding tert-OH is 2. The Bertz CT molecular complexity index is 1710. The summed E-state index contributed by atoms with van der Waals surface area (Å²) < 4.78 is 77.3. The molecule has 5 bridgehead atoms. The van der Waals surface area contributed by atoms with Gasteiger partial charge in [0.05, 0.1) is 24.2 Å². The third kappa shape index (κ3) is 5.13. The van der Waals surface area contributed by atoms with E-state index in [-0.39, 0.29) is 13.0 Å². The van der Waals surface area contributed by atoms with Crippen molar-refractivity contribution >= 4 is 35.8 Å². The largest absolute Gasteiger partial charge is 0.463 e. The number of hydrogen-bond donors (Lipinski definition) is 3. The lowest BCUT2D eigenvalue weighted by Crippen LogP contribution is -2.78. The minimum absolute atomic E-state index is 0.245. The highest BCUT2D eigenvalue weighted by atomic mass is 16.9. The average molecular weight is 831 g/mol. The molecule has 9 fully saturated rings. The predicted molar refractivity (Wildman–Crippen MR) is 176 cm³/mol. The van der Waals surface area contributed by atoms with E-state index in [1.807, 2.05) is 0 Å². The summed E-state index contributed by atoms with van der Waals surface area (Å²) in [4.78, 5) is 72.5. The van der Waals surface area contributed by atoms with Crippen LogP contribution in [0.1, 0.15) is 61.3 Å². The molecule has 2 saturated carbocycles. The number of ether oxygens (including phenoxy) is 13. The number of aliphatic hydroxyl groups is 3. The molecule has 7 aliphatic heterocycles. The van der Waals surface area contributed by atoms with Gasteiger partial charge in [-0.25, -0.2) is 0 Å². The van der Waals surface area contributed by atoms with Gasteiger partial charge in [0.2, 0.25) is 5.79 Å². The number of esters is 6. The first-order valence-electron chi connectivity index (χ1n) is 18.9. The molecule has 0 aromatic heterocycles. The first kappa shape index (κ1) is 41.2. The van der Waals surface area contributed by atoms with Crippen molar-refractivity contribution in [3.63, 3.8) is 0 Å². The first-order valence-corrected chi connectivity index (χ1v) is 18.9. The smallest absolute Gasteiger partial charge is 0.303 e. The maximum atomic E-state index is 12.6. The van der Waals surface area contributed by atoms with Crippen LogP contribution >= 0.6 is 0 Å². The maximum absolute atomic E-state index is 12.6. The molecular formula is C36H46O22. The minimum Gasteiger partial charge on any atom is -0.463 e. The van der Waals surface area contributed by atoms with Crippen LogP contribution in [0.4, 0.5) is 0 Å². The monoisotopic (exact) mass is 830 g/mol. The van der Waals surface area contributed by atoms with E-state index >= 15 is 0 Å². The lowest BCUT2D eigenvalue weighted by atomic mass is 9.70. The van der Waals surface area contributed by atoms with Crippen LogP contribution in [0.2, 0.25) is 0 Å². The van der Waals surface area contributed by atoms with Crippen molar-refractivity contribution in [2.75, 3.05) is 19.8 Å². The zero-order valence-corrected chi connectivity index (χ0v) is 32.6. The highest BCUT2D eigenvalue weighted by Crippen LogP contribution is 3.06. The maximum Gasteiger partial charge on any atom is 0.303 e. The van der Waals surface area contributed by atoms with E-state index in [1.165, 1.54) is 0 Å². The van der Waals surface area contributed by atoms with Crippen molar-refractivity contribution in [3.05, 3.63) is 0 Å². The van der Waals surface area contributed by atoms with E-state index in [1.54, 1.807) is 6.92 Å². The summed E-state index contributed by atoms with van der Waals surface area (Å²) in [6.45, 7) is 7.03. The van der Waals surface area contributed by atoms with Crippen molar-refractivity contribution in [2.24, 2.45) is 5.41 Å². The van der Waals surface area contributed by atoms with Gasteiger partial charge in [-0.1, -0.05) is 0 Å². The Hall–Kier alpha value is -3.58. The molecule has 18 atom stereocenters. The topological polar surface area (TPSA) is 283 Å². The fraction of sp³-hybridized carbons (Fsp3) is 0.833. The second kappa shape index (κ2) is 13.5. The van der Waals surface area contributed by atoms with Gasteiger partial charge in [0.25, 0.3) is 5.79 Å². The molecule has 9 aliphatic rings. The lowest BCUT2D eigenvalue weighted by Gasteiger charge is -2.57. The fourth-order valence-corrected chi connectivity index (χ4v) is 11.0. The fourth-order valence-electron chi connectivity index (χ4n) is 11.0. The van der Waals surface area contributed by atoms with E-state index in [2.05, 4.69) is 0 Å². The van der Waals surface area contributed by atoms with Crippen LogP contribution in [0.15, 0.2) is 0 Å². The molecule has 22 heteroatoms. The van der Waals surface area contributed by atoms with E-state index in [4.69, 9.17) is 61.6 Å². The van der Waals surface area contributed by atoms with Crippen LogP contribution in [0.3, 0.4) is 0 Å². The Morgan fingerprint density at radius 1 is 0.603 bits per heavy atom. The van der Waals surface area contributed by atoms with E-state index in [0.29, 0.717) is 0 Å². The van der Waals surface area contributed by atoms with Crippen molar-refractivity contribution in [1.82, 2.24) is 0 Å². The van der Waals surface area contributed by atoms with Crippen molar-refractivity contribution < 1.29 is 106 Å². The Labute approximate surface area is 329 Å². The minimum atomic E-state index is -2.00. The number of carbonyl (C=O) groups excluding carboxylic acids is 6. The molecule has 3 N–H and O–H groups in total. The quantitative estimate of drug-likeness (QED) is 0.134. The molecule has 322 valence electrons. The van der Waals surface area contributed by atoms with Crippen LogP contribution in [0, 0.1) is 5.41 Å². The standard InChI is InChI=1S/C36H46O22/c1-13(37)46-10-22-27(49-15(3)39)29(51-17(5)41)25(43)20(53-22)8-31-33(45)24-12-48-32(36(57-24)35(31,34(31,33)58-32)55-19(7)56-36)9-21-26(44)30(52-18(6)42)28(50-16(4)40)23(54-21)11-47-14(2)38/h19-30,43-45H,8-12H2,1-7H3/t19-,20+,21-,22-,23+,24-,25-,26+,27+,28-,29-,30-,31-,32-,33-,34-,35+,36+/m1/s1. The van der Waals surface area contributed by atoms with Gasteiger partial charge >= 0.3 is 35.8 Å². The van der Waals surface area contributed by atoms with Crippen LogP contribution in [0.5, 0.6) is 0 Å². The Balaban J connectivity index is 1.13. The van der Waals surface area contributed by atoms with Gasteiger partial charge in [-0.3, -0.25) is 28.8 Å². The van der Waals surface area contributed by atoms with Gasteiger partial charge in [-0.2, -0.15) is 0 Å². The van der Waals surface area contributed by atoms with Crippen LogP contribution in [-0.2, 0) is 90.3 Å². The molecule has 0 amide bonds. The third-order valence-corrected chi connectivity index (χ3v) is 12.6. The molecule has 0 aromatic rings. The molecular weight excluding hydrogens is 784 g/mol. The second-order valence-corrected chi connectivity index (χ2v) is 15.9. The van der Waals surface area contributed by atoms with Crippen molar-refractivity contribution in [3.8, 4) is 0 Å². The zero-order valence-electron chi connectivity index (χ0n) is 32.6. The average Bonchev–Trinajstić information content (AvgIpc) is 3.71. The molecule has 7 saturated heterocycles. The molecule has 9 rings (SSSR count). The molecule has 7 heterocycles. The molecule has 58 heavy (non-hydrogen) atoms. The highest BCUT2D eigenvalue weighted by molar-refractivity contribution is 5.73. The van der Waals surface area contributed by atoms with E-state index in [0.717, 1.165) is 41.5 Å². The second-order valence-electron chi connectivity index (χ2n) is 15.9. The van der Waals surface area contributed by atoms with Crippen LogP contribution in [-0.4, -0.2) is 173 Å². The van der Waals surface area contributed by atoms with Gasteiger partial charge < -0.3 is 76.9 Å². The molecule has 0 aromatic carbocycles. The van der Waals surface area contributed by atoms with Crippen LogP contribution < -0.4 is 0 Å². The number of carbonyl (C=O) groups is 6. The predicted octanol–water partition coefficient (Wildman–Crippen LogP) is -2.66. The summed E-state index contributed by atoms with van der Waals surface area (Å²) in [6.07, 6.45) is -17.2. The van der Waals surface area contributed by atoms with Crippen molar-refractivity contribution in [2.45, 2.75) is 163 Å². The summed E-state index contributed by atoms with van der Waals surface area (Å²) in [7, 11) is 0. The van der Waals surface area contributed by atoms with Gasteiger partial charge in [0, 0.05) is 48.0 Å². The number of rotatable bonds is 12. The molecule has 22 nitrogen and oxygen atoms in total. The molecule has 2 aliphatic carbocycles. The van der Waals surface area contributed by atoms with Crippen molar-refractivity contribution in [1.29, 1.82) is 0 Å². The normalized spacial score (nSPS) is 49.8. The highest BCUT2D eigenvalue weighted by Gasteiger charge is 3.29. The summed E-state index contributed by atoms with van der Waals surface area (Å²) in [5.41, 5.74) is -6.60. The van der Waals surface area contributed by atoms with E-state index in [9.17, 15) is 44.1 Å². The molecule has 3 spiro atoms. The summed E-state index contributed by atoms with van der Waals surface area (Å²) in [5, 5.41) is 36.1. The SMILES string of the molecule is CC(=O)OC[C@@H]1O[C@H](C[C@]23OC[C@H]4O[C@@]25O[C@H](C)O[C@]52[C@]5(C[C@@H]6O[C@H](COC(C)=O)[C@H](OC(C)=O)[C@H](OC(C)=O)[C@@H]6O)[C@@]4(O)[C@]52O3)[C@H](O)[C@@H](OC(C)=O)[C@@H]1OC(C)=O. The third-order valence-electron chi connectivity index (χ3n) is 12.6. The Morgan fingerprint density at radius 2 is 1.07 bits per heavy atom. The summed E-state index contributed by atoms with van der Waals surface area (Å²) in [6, 6.07) is 0. The lowest BCUT2D eigenvalue weighted by molar-refractivity contribution is -0.454. The van der Waals surface area contributed by atoms with Gasteiger partial charge in [-0.05, 0) is 13.3 Å². The molecule has 0 unspecified atom stereocenters. The number of hydrogen-bond acceptors (Lipinski definition) is 22. The van der Waals surface area contributed by atoms with Gasteiger partial charge in [0.15, 0.2) is 41.9 Å². The van der Waals surface area contributed by atoms with Gasteiger partial charge in [0.1, 0.15) is 49.3 Å². The van der Waals surface area contributed by atoms with Gasteiger partial charge in [-0.15, -0.1) is 0 Å².